The van der Waals surface area contributed by atoms with Gasteiger partial charge in [-0.15, -0.1) is 0 Å². The van der Waals surface area contributed by atoms with Crippen molar-refractivity contribution in [3.05, 3.63) is 6.92 Å². The predicted molar refractivity (Wildman–Crippen MR) is 88.3 cm³/mol. The average molecular weight is 895 g/mol. The van der Waals surface area contributed by atoms with Crippen LogP contribution in [0.25, 0.3) is 0 Å². The molecule has 0 unspecified atom stereocenters. The Morgan fingerprint density at radius 2 is 0.296 bits per heavy atom. The quantitative estimate of drug-likeness (QED) is 0.113. The topological polar surface area (TPSA) is 64.6 Å². The molecule has 0 spiro atoms. The van der Waals surface area contributed by atoms with Crippen molar-refractivity contribution in [1.82, 2.24) is 0 Å². The zero-order valence-electron chi connectivity index (χ0n) is 22.8. The van der Waals surface area contributed by atoms with Gasteiger partial charge in [0.1, 0.15) is 0 Å². The fourth-order valence-corrected chi connectivity index (χ4v) is 1.92. The molecule has 0 aliphatic rings. The van der Waals surface area contributed by atoms with Crippen LogP contribution in [0.3, 0.4) is 0 Å². The molecule has 1 radical (unpaired) electrons. The number of hydrogen-bond donors (Lipinski definition) is 0. The minimum atomic E-state index is -8.42. The van der Waals surface area contributed by atoms with Crippen LogP contribution in [0.15, 0.2) is 0 Å². The largest absolute Gasteiger partial charge is 0.483 e. The van der Waals surface area contributed by atoms with E-state index in [0.717, 1.165) is 23.7 Å². The molecule has 0 heterocycles. The van der Waals surface area contributed by atoms with Crippen LogP contribution >= 0.6 is 0 Å². The Balaban J connectivity index is 6.38. The van der Waals surface area contributed by atoms with E-state index >= 15 is 0 Å². The minimum Gasteiger partial charge on any atom is -0.248 e. The van der Waals surface area contributed by atoms with Crippen molar-refractivity contribution in [2.24, 2.45) is 0 Å². The summed E-state index contributed by atoms with van der Waals surface area (Å²) in [7, 11) is 0. The van der Waals surface area contributed by atoms with Crippen molar-refractivity contribution in [1.29, 1.82) is 0 Å². The molecule has 0 saturated carbocycles. The van der Waals surface area contributed by atoms with E-state index in [9.17, 15) is 136 Å². The van der Waals surface area contributed by atoms with Gasteiger partial charge in [0.25, 0.3) is 0 Å². The molecule has 0 atom stereocenters. The maximum atomic E-state index is 13.4. The van der Waals surface area contributed by atoms with Crippen molar-refractivity contribution in [2.45, 2.75) is 91.7 Å². The third-order valence-corrected chi connectivity index (χ3v) is 4.18. The van der Waals surface area contributed by atoms with Crippen molar-refractivity contribution < 1.29 is 169 Å². The first-order chi connectivity index (χ1) is 22.7. The van der Waals surface area contributed by atoms with Gasteiger partial charge in [0.2, 0.25) is 0 Å². The Morgan fingerprint density at radius 3 is 0.407 bits per heavy atom. The van der Waals surface area contributed by atoms with Crippen LogP contribution in [-0.2, 0) is 33.2 Å². The van der Waals surface area contributed by atoms with Crippen LogP contribution < -0.4 is 0 Å². The Hall–Kier alpha value is -2.45. The summed E-state index contributed by atoms with van der Waals surface area (Å²) >= 11 is 0. The van der Waals surface area contributed by atoms with Crippen LogP contribution in [0, 0.1) is 6.92 Å². The van der Waals surface area contributed by atoms with Gasteiger partial charge in [-0.1, -0.05) is 0 Å². The smallest absolute Gasteiger partial charge is 0.248 e. The molecule has 0 amide bonds. The maximum absolute atomic E-state index is 13.4. The standard InChI is InChI=1S/C16H2F31O7/c1-2(17,18)48-5(24,25)6(26,27)50-9(32,33)10(34,35)52-13(40,41)14(42,43)54-16(46,47)15(44,45)53-12(38,39)11(36,37)51-8(30,31)7(28,29)49-4(22,23)3(19,20)21/h1H2. The van der Waals surface area contributed by atoms with Gasteiger partial charge in [-0.25, -0.2) is 33.2 Å². The summed E-state index contributed by atoms with van der Waals surface area (Å²) in [4.78, 5) is 0. The third-order valence-electron chi connectivity index (χ3n) is 4.18. The lowest BCUT2D eigenvalue weighted by molar-refractivity contribution is -0.598. The van der Waals surface area contributed by atoms with E-state index in [1.54, 1.807) is 4.74 Å². The molecule has 0 aromatic rings. The Kier molecular flexibility index (Phi) is 13.3. The molecule has 0 aliphatic carbocycles. The van der Waals surface area contributed by atoms with E-state index in [0.29, 0.717) is 0 Å². The molecule has 38 heteroatoms. The van der Waals surface area contributed by atoms with Gasteiger partial charge < -0.3 is 0 Å². The summed E-state index contributed by atoms with van der Waals surface area (Å²) in [6, 6.07) is 0. The van der Waals surface area contributed by atoms with E-state index < -0.39 is 91.7 Å². The lowest BCUT2D eigenvalue weighted by Gasteiger charge is -2.37. The number of alkyl halides is 31. The van der Waals surface area contributed by atoms with Gasteiger partial charge in [-0.2, -0.15) is 136 Å². The van der Waals surface area contributed by atoms with E-state index in [1.165, 1.54) is 11.7 Å². The summed E-state index contributed by atoms with van der Waals surface area (Å²) < 4.78 is 411. The summed E-state index contributed by atoms with van der Waals surface area (Å²) in [6.07, 6.45) is -118. The molecule has 0 aromatic heterocycles. The van der Waals surface area contributed by atoms with Gasteiger partial charge in [0.15, 0.2) is 0 Å². The monoisotopic (exact) mass is 895 g/mol. The van der Waals surface area contributed by atoms with Crippen molar-refractivity contribution >= 4 is 0 Å². The summed E-state index contributed by atoms with van der Waals surface area (Å²) in [5.74, 6) is 0. The van der Waals surface area contributed by atoms with Gasteiger partial charge in [0.05, 0.1) is 0 Å². The summed E-state index contributed by atoms with van der Waals surface area (Å²) in [5.41, 5.74) is 0. The van der Waals surface area contributed by atoms with Crippen LogP contribution in [0.4, 0.5) is 136 Å². The highest BCUT2D eigenvalue weighted by Gasteiger charge is 2.81. The summed E-state index contributed by atoms with van der Waals surface area (Å²) in [5, 5.41) is 0. The van der Waals surface area contributed by atoms with E-state index in [1.807, 2.05) is 0 Å². The van der Waals surface area contributed by atoms with Crippen molar-refractivity contribution in [3.63, 3.8) is 0 Å². The molecule has 0 aromatic carbocycles. The Bertz CT molecular complexity index is 1280. The molecule has 0 N–H and O–H groups in total. The first-order valence-corrected chi connectivity index (χ1v) is 10.8. The maximum Gasteiger partial charge on any atom is 0.483 e. The SMILES string of the molecule is [CH2]C(F)(F)OC(F)(F)C(F)(F)OC(F)(F)C(F)(F)OC(F)(F)C(F)(F)OC(F)(F)C(F)(F)OC(F)(F)C(F)(F)OC(F)(F)C(F)(F)OC(F)(F)C(F)(F)F. The molecule has 0 aliphatic heterocycles. The molecular weight excluding hydrogens is 893 g/mol. The number of hydrogen-bond acceptors (Lipinski definition) is 7. The average Bonchev–Trinajstić information content (AvgIpc) is 2.77. The molecule has 54 heavy (non-hydrogen) atoms. The minimum absolute atomic E-state index is 1.01. The van der Waals surface area contributed by atoms with Crippen molar-refractivity contribution in [2.75, 3.05) is 0 Å². The summed E-state index contributed by atoms with van der Waals surface area (Å²) in [6.45, 7) is 1.20. The highest BCUT2D eigenvalue weighted by molar-refractivity contribution is 4.83. The fourth-order valence-electron chi connectivity index (χ4n) is 1.92. The molecule has 0 rings (SSSR count). The lowest BCUT2D eigenvalue weighted by atomic mass is 10.4. The fraction of sp³-hybridized carbons (Fsp3) is 0.938. The van der Waals surface area contributed by atoms with Crippen LogP contribution in [0.2, 0.25) is 0 Å². The first-order valence-electron chi connectivity index (χ1n) is 10.8. The second-order valence-electron chi connectivity index (χ2n) is 8.57. The van der Waals surface area contributed by atoms with Gasteiger partial charge in [-0.3, -0.25) is 0 Å². The molecule has 325 valence electrons. The normalized spacial score (nSPS) is 16.7. The van der Waals surface area contributed by atoms with Crippen molar-refractivity contribution in [3.8, 4) is 0 Å². The Labute approximate surface area is 269 Å². The van der Waals surface area contributed by atoms with E-state index in [-0.39, 0.29) is 0 Å². The Morgan fingerprint density at radius 1 is 0.185 bits per heavy atom. The van der Waals surface area contributed by atoms with Crippen LogP contribution in [-0.4, -0.2) is 91.7 Å². The predicted octanol–water partition coefficient (Wildman–Crippen LogP) is 9.80. The molecule has 0 saturated heterocycles. The highest BCUT2D eigenvalue weighted by atomic mass is 19.4. The van der Waals surface area contributed by atoms with Crippen LogP contribution in [0.5, 0.6) is 0 Å². The van der Waals surface area contributed by atoms with Gasteiger partial charge in [-0.05, 0) is 0 Å². The van der Waals surface area contributed by atoms with Gasteiger partial charge in [0, 0.05) is 6.92 Å². The van der Waals surface area contributed by atoms with E-state index in [4.69, 9.17) is 0 Å². The molecule has 0 fully saturated rings. The zero-order valence-corrected chi connectivity index (χ0v) is 22.8. The third kappa shape index (κ3) is 11.1. The zero-order chi connectivity index (χ0) is 44.4. The second-order valence-corrected chi connectivity index (χ2v) is 8.57. The second kappa shape index (κ2) is 13.9. The molecular formula is C16H2F31O7. The number of rotatable bonds is 20. The lowest BCUT2D eigenvalue weighted by Crippen LogP contribution is -2.62. The first kappa shape index (κ1) is 51.5. The molecule has 7 nitrogen and oxygen atoms in total. The number of ether oxygens (including phenoxy) is 7. The van der Waals surface area contributed by atoms with Gasteiger partial charge >= 0.3 is 91.7 Å². The van der Waals surface area contributed by atoms with E-state index in [2.05, 4.69) is 0 Å². The highest BCUT2D eigenvalue weighted by Crippen LogP contribution is 2.55. The number of halogens is 31. The molecule has 0 bridgehead atoms. The van der Waals surface area contributed by atoms with Crippen LogP contribution in [0.1, 0.15) is 0 Å².